The highest BCUT2D eigenvalue weighted by molar-refractivity contribution is 8.01. The number of imide groups is 1. The number of rotatable bonds is 6. The van der Waals surface area contributed by atoms with E-state index in [1.54, 1.807) is 6.07 Å². The molecule has 3 aromatic rings. The van der Waals surface area contributed by atoms with E-state index in [4.69, 9.17) is 0 Å². The lowest BCUT2D eigenvalue weighted by Gasteiger charge is -2.19. The molecule has 2 aromatic heterocycles. The summed E-state index contributed by atoms with van der Waals surface area (Å²) in [5.74, 6) is -0.431. The van der Waals surface area contributed by atoms with Crippen LogP contribution in [0.3, 0.4) is 0 Å². The molecule has 166 valence electrons. The van der Waals surface area contributed by atoms with E-state index >= 15 is 0 Å². The molecule has 0 bridgehead atoms. The van der Waals surface area contributed by atoms with Gasteiger partial charge in [0.05, 0.1) is 33.5 Å². The molecular formula is C21H21N5O3S3. The summed E-state index contributed by atoms with van der Waals surface area (Å²) >= 11 is 4.17. The van der Waals surface area contributed by atoms with Crippen LogP contribution in [-0.4, -0.2) is 38.7 Å². The first kappa shape index (κ1) is 21.5. The van der Waals surface area contributed by atoms with Crippen LogP contribution < -0.4 is 10.2 Å². The summed E-state index contributed by atoms with van der Waals surface area (Å²) in [6, 6.07) is 5.48. The highest BCUT2D eigenvalue weighted by Gasteiger charge is 2.48. The van der Waals surface area contributed by atoms with Crippen molar-refractivity contribution in [2.24, 2.45) is 11.8 Å². The molecule has 2 aliphatic rings. The van der Waals surface area contributed by atoms with E-state index in [2.05, 4.69) is 20.5 Å². The van der Waals surface area contributed by atoms with Gasteiger partial charge in [0, 0.05) is 0 Å². The number of carbonyl (C=O) groups is 3. The van der Waals surface area contributed by atoms with Crippen LogP contribution in [0.2, 0.25) is 0 Å². The fourth-order valence-electron chi connectivity index (χ4n) is 4.24. The van der Waals surface area contributed by atoms with Crippen molar-refractivity contribution in [2.75, 3.05) is 16.0 Å². The van der Waals surface area contributed by atoms with E-state index in [0.29, 0.717) is 10.8 Å². The molecule has 1 aliphatic carbocycles. The Kier molecular flexibility index (Phi) is 5.95. The largest absolute Gasteiger partial charge is 0.300 e. The summed E-state index contributed by atoms with van der Waals surface area (Å²) in [5, 5.41) is 12.1. The van der Waals surface area contributed by atoms with Crippen molar-refractivity contribution in [3.8, 4) is 0 Å². The third kappa shape index (κ3) is 4.04. The first-order valence-corrected chi connectivity index (χ1v) is 13.2. The van der Waals surface area contributed by atoms with Gasteiger partial charge in [0.25, 0.3) is 0 Å². The number of aryl methyl sites for hydroxylation is 1. The van der Waals surface area contributed by atoms with E-state index in [1.807, 2.05) is 19.1 Å². The molecule has 0 radical (unpaired) electrons. The number of hydrogen-bond acceptors (Lipinski definition) is 9. The van der Waals surface area contributed by atoms with Crippen molar-refractivity contribution < 1.29 is 14.4 Å². The third-order valence-electron chi connectivity index (χ3n) is 5.79. The number of carbonyl (C=O) groups excluding carboxylic acids is 3. The Bertz CT molecular complexity index is 1180. The van der Waals surface area contributed by atoms with E-state index in [1.165, 1.54) is 39.3 Å². The third-order valence-corrected chi connectivity index (χ3v) is 8.94. The predicted octanol–water partition coefficient (Wildman–Crippen LogP) is 4.12. The number of fused-ring (bicyclic) bond motifs is 2. The molecule has 0 spiro atoms. The lowest BCUT2D eigenvalue weighted by molar-refractivity contribution is -0.122. The van der Waals surface area contributed by atoms with Gasteiger partial charge in [-0.25, -0.2) is 4.98 Å². The van der Waals surface area contributed by atoms with Gasteiger partial charge in [-0.1, -0.05) is 42.9 Å². The van der Waals surface area contributed by atoms with Gasteiger partial charge in [-0.15, -0.1) is 21.5 Å². The van der Waals surface area contributed by atoms with E-state index in [9.17, 15) is 14.4 Å². The first-order valence-electron chi connectivity index (χ1n) is 10.6. The van der Waals surface area contributed by atoms with Crippen LogP contribution >= 0.6 is 34.4 Å². The Balaban J connectivity index is 1.27. The zero-order chi connectivity index (χ0) is 22.2. The van der Waals surface area contributed by atoms with Gasteiger partial charge in [0.2, 0.25) is 22.9 Å². The summed E-state index contributed by atoms with van der Waals surface area (Å²) in [6.45, 7) is 1.99. The maximum atomic E-state index is 12.9. The number of nitrogens with zero attached hydrogens (tertiary/aromatic N) is 4. The second kappa shape index (κ2) is 8.87. The first-order chi connectivity index (χ1) is 15.5. The monoisotopic (exact) mass is 487 g/mol. The van der Waals surface area contributed by atoms with Crippen LogP contribution in [0.4, 0.5) is 10.8 Å². The average molecular weight is 488 g/mol. The molecule has 8 nitrogen and oxygen atoms in total. The SMILES string of the molecule is CCc1nnc(NC(=O)CSc2nc3ccc(N4C(=O)[C@@H]5CCCC[C@H]5C4=O)cc3s2)s1. The molecule has 2 atom stereocenters. The number of benzene rings is 1. The molecule has 1 saturated heterocycles. The van der Waals surface area contributed by atoms with Crippen LogP contribution in [0, 0.1) is 11.8 Å². The van der Waals surface area contributed by atoms with Gasteiger partial charge in [-0.05, 0) is 37.5 Å². The fraction of sp³-hybridized carbons (Fsp3) is 0.429. The van der Waals surface area contributed by atoms with Crippen molar-refractivity contribution in [3.05, 3.63) is 23.2 Å². The standard InChI is InChI=1S/C21H21N5O3S3/c1-2-17-24-25-20(32-17)23-16(27)10-30-21-22-14-8-7-11(9-15(14)31-21)26-18(28)12-5-3-4-6-13(12)19(26)29/h7-9,12-13H,2-6,10H2,1H3,(H,23,25,27)/t12-,13-/m1/s1. The fourth-order valence-corrected chi connectivity index (χ4v) is 6.84. The molecule has 3 heterocycles. The smallest absolute Gasteiger partial charge is 0.237 e. The van der Waals surface area contributed by atoms with Crippen LogP contribution in [0.25, 0.3) is 10.2 Å². The number of aromatic nitrogens is 3. The zero-order valence-electron chi connectivity index (χ0n) is 17.4. The van der Waals surface area contributed by atoms with Crippen LogP contribution in [0.15, 0.2) is 22.5 Å². The predicted molar refractivity (Wildman–Crippen MR) is 126 cm³/mol. The molecule has 11 heteroatoms. The number of nitrogens with one attached hydrogen (secondary N) is 1. The quantitative estimate of drug-likeness (QED) is 0.412. The Hall–Kier alpha value is -2.37. The van der Waals surface area contributed by atoms with Crippen molar-refractivity contribution in [1.82, 2.24) is 15.2 Å². The second-order valence-corrected chi connectivity index (χ2v) is 11.1. The maximum absolute atomic E-state index is 12.9. The Labute approximate surface area is 196 Å². The number of thioether (sulfide) groups is 1. The number of amides is 3. The molecule has 0 unspecified atom stereocenters. The van der Waals surface area contributed by atoms with Crippen molar-refractivity contribution >= 4 is 73.2 Å². The summed E-state index contributed by atoms with van der Waals surface area (Å²) in [4.78, 5) is 43.9. The van der Waals surface area contributed by atoms with Gasteiger partial charge in [-0.3, -0.25) is 24.6 Å². The van der Waals surface area contributed by atoms with Crippen LogP contribution in [-0.2, 0) is 20.8 Å². The second-order valence-electron chi connectivity index (χ2n) is 7.83. The highest BCUT2D eigenvalue weighted by atomic mass is 32.2. The van der Waals surface area contributed by atoms with Crippen molar-refractivity contribution in [3.63, 3.8) is 0 Å². The molecule has 1 aliphatic heterocycles. The van der Waals surface area contributed by atoms with E-state index in [0.717, 1.165) is 51.7 Å². The molecule has 5 rings (SSSR count). The van der Waals surface area contributed by atoms with Gasteiger partial charge >= 0.3 is 0 Å². The topological polar surface area (TPSA) is 105 Å². The van der Waals surface area contributed by atoms with Gasteiger partial charge in [-0.2, -0.15) is 0 Å². The summed E-state index contributed by atoms with van der Waals surface area (Å²) in [7, 11) is 0. The van der Waals surface area contributed by atoms with Crippen LogP contribution in [0.5, 0.6) is 0 Å². The van der Waals surface area contributed by atoms with Gasteiger partial charge in [0.15, 0.2) is 4.34 Å². The Morgan fingerprint density at radius 2 is 1.91 bits per heavy atom. The molecule has 3 amide bonds. The van der Waals surface area contributed by atoms with Gasteiger partial charge < -0.3 is 0 Å². The number of hydrogen-bond donors (Lipinski definition) is 1. The van der Waals surface area contributed by atoms with E-state index in [-0.39, 0.29) is 35.3 Å². The Morgan fingerprint density at radius 1 is 1.16 bits per heavy atom. The van der Waals surface area contributed by atoms with Gasteiger partial charge in [0.1, 0.15) is 5.01 Å². The van der Waals surface area contributed by atoms with Crippen molar-refractivity contribution in [2.45, 2.75) is 43.4 Å². The average Bonchev–Trinajstić information content (AvgIpc) is 3.49. The molecule has 1 saturated carbocycles. The normalized spacial score (nSPS) is 20.7. The molecule has 1 N–H and O–H groups in total. The molecule has 32 heavy (non-hydrogen) atoms. The summed E-state index contributed by atoms with van der Waals surface area (Å²) < 4.78 is 1.64. The van der Waals surface area contributed by atoms with E-state index < -0.39 is 0 Å². The molecule has 2 fully saturated rings. The van der Waals surface area contributed by atoms with Crippen molar-refractivity contribution in [1.29, 1.82) is 0 Å². The number of anilines is 2. The van der Waals surface area contributed by atoms with Crippen LogP contribution in [0.1, 0.15) is 37.6 Å². The molecular weight excluding hydrogens is 466 g/mol. The summed E-state index contributed by atoms with van der Waals surface area (Å²) in [6.07, 6.45) is 4.40. The molecule has 1 aromatic carbocycles. The highest BCUT2D eigenvalue weighted by Crippen LogP contribution is 2.41. The lowest BCUT2D eigenvalue weighted by Crippen LogP contribution is -2.30. The Morgan fingerprint density at radius 3 is 2.59 bits per heavy atom. The maximum Gasteiger partial charge on any atom is 0.237 e. The minimum atomic E-state index is -0.167. The lowest BCUT2D eigenvalue weighted by atomic mass is 9.81. The minimum absolute atomic E-state index is 0.0715. The minimum Gasteiger partial charge on any atom is -0.300 e. The summed E-state index contributed by atoms with van der Waals surface area (Å²) in [5.41, 5.74) is 1.40. The zero-order valence-corrected chi connectivity index (χ0v) is 19.8. The number of thiazole rings is 1.